The minimum atomic E-state index is -0.672. The predicted molar refractivity (Wildman–Crippen MR) is 80.4 cm³/mol. The average molecular weight is 319 g/mol. The highest BCUT2D eigenvalue weighted by atomic mass is 16.5. The smallest absolute Gasteiger partial charge is 0.342 e. The van der Waals surface area contributed by atoms with Crippen molar-refractivity contribution in [1.82, 2.24) is 5.32 Å². The van der Waals surface area contributed by atoms with Crippen LogP contribution in [-0.4, -0.2) is 32.7 Å². The van der Waals surface area contributed by atoms with Gasteiger partial charge in [-0.25, -0.2) is 4.79 Å². The maximum absolute atomic E-state index is 12.1. The molecule has 1 amide bonds. The van der Waals surface area contributed by atoms with Gasteiger partial charge in [-0.05, 0) is 30.3 Å². The van der Waals surface area contributed by atoms with Crippen molar-refractivity contribution in [3.8, 4) is 11.5 Å². The monoisotopic (exact) mass is 319 g/mol. The Morgan fingerprint density at radius 3 is 2.65 bits per heavy atom. The fraction of sp³-hybridized carbons (Fsp3) is 0.250. The van der Waals surface area contributed by atoms with Crippen LogP contribution in [0, 0.1) is 0 Å². The molecule has 0 aliphatic rings. The topological polar surface area (TPSA) is 87.0 Å². The number of hydrogen-bond acceptors (Lipinski definition) is 6. The summed E-state index contributed by atoms with van der Waals surface area (Å²) in [4.78, 5) is 23.7. The lowest BCUT2D eigenvalue weighted by molar-refractivity contribution is -0.124. The molecule has 1 aromatic carbocycles. The number of ether oxygens (including phenoxy) is 3. The van der Waals surface area contributed by atoms with Crippen LogP contribution in [0.4, 0.5) is 0 Å². The van der Waals surface area contributed by atoms with Crippen LogP contribution in [0.25, 0.3) is 0 Å². The van der Waals surface area contributed by atoms with Gasteiger partial charge in [0.05, 0.1) is 27.0 Å². The normalized spacial score (nSPS) is 10.0. The summed E-state index contributed by atoms with van der Waals surface area (Å²) < 4.78 is 20.2. The zero-order valence-corrected chi connectivity index (χ0v) is 12.8. The highest BCUT2D eigenvalue weighted by Gasteiger charge is 2.16. The Kier molecular flexibility index (Phi) is 5.62. The van der Waals surface area contributed by atoms with Gasteiger partial charge in [0.1, 0.15) is 22.8 Å². The Balaban J connectivity index is 1.90. The number of carbonyl (C=O) groups is 2. The van der Waals surface area contributed by atoms with Gasteiger partial charge in [-0.3, -0.25) is 4.79 Å². The molecule has 122 valence electrons. The number of hydrogen-bond donors (Lipinski definition) is 1. The molecule has 0 bridgehead atoms. The van der Waals surface area contributed by atoms with Crippen molar-refractivity contribution in [3.63, 3.8) is 0 Å². The summed E-state index contributed by atoms with van der Waals surface area (Å²) >= 11 is 0. The zero-order valence-electron chi connectivity index (χ0n) is 12.8. The number of benzene rings is 1. The standard InChI is InChI=1S/C16H17NO6/c1-20-11-5-6-14(21-2)13(8-11)16(19)23-10-15(18)17-9-12-4-3-7-22-12/h3-8H,9-10H2,1-2H3,(H,17,18). The summed E-state index contributed by atoms with van der Waals surface area (Å²) in [6.45, 7) is -0.175. The van der Waals surface area contributed by atoms with Crippen molar-refractivity contribution in [2.24, 2.45) is 0 Å². The fourth-order valence-corrected chi connectivity index (χ4v) is 1.83. The third-order valence-corrected chi connectivity index (χ3v) is 3.00. The van der Waals surface area contributed by atoms with Gasteiger partial charge >= 0.3 is 5.97 Å². The first-order valence-corrected chi connectivity index (χ1v) is 6.82. The van der Waals surface area contributed by atoms with E-state index in [1.807, 2.05) is 0 Å². The largest absolute Gasteiger partial charge is 0.497 e. The molecule has 0 saturated heterocycles. The molecule has 0 saturated carbocycles. The Hall–Kier alpha value is -2.96. The van der Waals surface area contributed by atoms with Crippen molar-refractivity contribution in [2.45, 2.75) is 6.54 Å². The predicted octanol–water partition coefficient (Wildman–Crippen LogP) is 1.77. The molecule has 0 unspecified atom stereocenters. The molecule has 7 heteroatoms. The van der Waals surface area contributed by atoms with E-state index >= 15 is 0 Å². The van der Waals surface area contributed by atoms with E-state index in [9.17, 15) is 9.59 Å². The highest BCUT2D eigenvalue weighted by Crippen LogP contribution is 2.24. The second kappa shape index (κ2) is 7.88. The molecule has 0 aliphatic heterocycles. The minimum Gasteiger partial charge on any atom is -0.497 e. The molecule has 2 rings (SSSR count). The summed E-state index contributed by atoms with van der Waals surface area (Å²) in [5.74, 6) is 0.330. The number of esters is 1. The first-order valence-electron chi connectivity index (χ1n) is 6.82. The average Bonchev–Trinajstić information content (AvgIpc) is 3.10. The first kappa shape index (κ1) is 16.4. The van der Waals surface area contributed by atoms with Crippen molar-refractivity contribution < 1.29 is 28.2 Å². The maximum atomic E-state index is 12.1. The van der Waals surface area contributed by atoms with E-state index in [-0.39, 0.29) is 12.1 Å². The van der Waals surface area contributed by atoms with E-state index in [1.165, 1.54) is 26.5 Å². The van der Waals surface area contributed by atoms with Crippen LogP contribution in [0.2, 0.25) is 0 Å². The molecular formula is C16H17NO6. The van der Waals surface area contributed by atoms with E-state index in [0.29, 0.717) is 17.3 Å². The van der Waals surface area contributed by atoms with Crippen molar-refractivity contribution in [2.75, 3.05) is 20.8 Å². The number of carbonyl (C=O) groups excluding carboxylic acids is 2. The molecule has 2 aromatic rings. The molecule has 1 N–H and O–H groups in total. The van der Waals surface area contributed by atoms with E-state index < -0.39 is 18.5 Å². The Labute approximate surface area is 133 Å². The molecule has 0 atom stereocenters. The van der Waals surface area contributed by atoms with Crippen LogP contribution in [0.3, 0.4) is 0 Å². The van der Waals surface area contributed by atoms with Crippen LogP contribution >= 0.6 is 0 Å². The summed E-state index contributed by atoms with van der Waals surface area (Å²) in [7, 11) is 2.92. The summed E-state index contributed by atoms with van der Waals surface area (Å²) in [5.41, 5.74) is 0.186. The van der Waals surface area contributed by atoms with Crippen molar-refractivity contribution in [1.29, 1.82) is 0 Å². The molecule has 0 spiro atoms. The van der Waals surface area contributed by atoms with Gasteiger partial charge in [-0.2, -0.15) is 0 Å². The van der Waals surface area contributed by atoms with Gasteiger partial charge < -0.3 is 23.9 Å². The molecule has 0 radical (unpaired) electrons. The van der Waals surface area contributed by atoms with E-state index in [1.54, 1.807) is 24.3 Å². The first-order chi connectivity index (χ1) is 11.1. The SMILES string of the molecule is COc1ccc(OC)c(C(=O)OCC(=O)NCc2ccco2)c1. The molecule has 1 heterocycles. The molecule has 0 fully saturated rings. The van der Waals surface area contributed by atoms with Crippen LogP contribution in [0.15, 0.2) is 41.0 Å². The lowest BCUT2D eigenvalue weighted by atomic mass is 10.2. The Bertz CT molecular complexity index is 665. The van der Waals surface area contributed by atoms with E-state index in [2.05, 4.69) is 5.32 Å². The summed E-state index contributed by atoms with van der Waals surface area (Å²) in [6.07, 6.45) is 1.51. The fourth-order valence-electron chi connectivity index (χ4n) is 1.83. The number of methoxy groups -OCH3 is 2. The van der Waals surface area contributed by atoms with Gasteiger partial charge in [0.25, 0.3) is 5.91 Å². The van der Waals surface area contributed by atoms with Crippen LogP contribution < -0.4 is 14.8 Å². The van der Waals surface area contributed by atoms with E-state index in [4.69, 9.17) is 18.6 Å². The number of amides is 1. The van der Waals surface area contributed by atoms with Gasteiger partial charge in [0, 0.05) is 0 Å². The lowest BCUT2D eigenvalue weighted by Crippen LogP contribution is -2.28. The van der Waals surface area contributed by atoms with Gasteiger partial charge in [0.15, 0.2) is 6.61 Å². The third kappa shape index (κ3) is 4.50. The van der Waals surface area contributed by atoms with E-state index in [0.717, 1.165) is 0 Å². The van der Waals surface area contributed by atoms with Gasteiger partial charge in [-0.15, -0.1) is 0 Å². The van der Waals surface area contributed by atoms with Crippen molar-refractivity contribution >= 4 is 11.9 Å². The summed E-state index contributed by atoms with van der Waals surface area (Å²) in [6, 6.07) is 8.18. The quantitative estimate of drug-likeness (QED) is 0.783. The molecule has 0 aliphatic carbocycles. The third-order valence-electron chi connectivity index (χ3n) is 3.00. The molecule has 1 aromatic heterocycles. The maximum Gasteiger partial charge on any atom is 0.342 e. The number of furan rings is 1. The van der Waals surface area contributed by atoms with Crippen LogP contribution in [0.1, 0.15) is 16.1 Å². The molecule has 7 nitrogen and oxygen atoms in total. The summed E-state index contributed by atoms with van der Waals surface area (Å²) in [5, 5.41) is 2.58. The van der Waals surface area contributed by atoms with Gasteiger partial charge in [0.2, 0.25) is 0 Å². The van der Waals surface area contributed by atoms with Crippen LogP contribution in [0.5, 0.6) is 11.5 Å². The molecular weight excluding hydrogens is 302 g/mol. The number of rotatable bonds is 7. The molecule has 23 heavy (non-hydrogen) atoms. The van der Waals surface area contributed by atoms with Gasteiger partial charge in [-0.1, -0.05) is 0 Å². The Morgan fingerprint density at radius 2 is 2.00 bits per heavy atom. The zero-order chi connectivity index (χ0) is 16.7. The Morgan fingerprint density at radius 1 is 1.17 bits per heavy atom. The van der Waals surface area contributed by atoms with Crippen molar-refractivity contribution in [3.05, 3.63) is 47.9 Å². The number of nitrogens with one attached hydrogen (secondary N) is 1. The second-order valence-electron chi connectivity index (χ2n) is 4.50. The second-order valence-corrected chi connectivity index (χ2v) is 4.50. The lowest BCUT2D eigenvalue weighted by Gasteiger charge is -2.10. The minimum absolute atomic E-state index is 0.186. The van der Waals surface area contributed by atoms with Crippen LogP contribution in [-0.2, 0) is 16.1 Å². The highest BCUT2D eigenvalue weighted by molar-refractivity contribution is 5.94.